The van der Waals surface area contributed by atoms with E-state index in [0.717, 1.165) is 0 Å². The van der Waals surface area contributed by atoms with Gasteiger partial charge in [-0.1, -0.05) is 0 Å². The molecule has 0 saturated carbocycles. The molecular weight excluding hydrogens is 418 g/mol. The number of hydrogen-bond acceptors (Lipinski definition) is 0. The molecule has 0 amide bonds. The molecule has 0 radical (unpaired) electrons. The Morgan fingerprint density at radius 3 is 1.58 bits per heavy atom. The summed E-state index contributed by atoms with van der Waals surface area (Å²) in [6.07, 6.45) is 6.94. The zero-order valence-electron chi connectivity index (χ0n) is 15.2. The van der Waals surface area contributed by atoms with Gasteiger partial charge in [-0.25, -0.2) is 0 Å². The predicted molar refractivity (Wildman–Crippen MR) is 94.1 cm³/mol. The fourth-order valence-corrected chi connectivity index (χ4v) is 5.04. The van der Waals surface area contributed by atoms with Gasteiger partial charge >= 0.3 is 152 Å². The number of halogens is 3. The van der Waals surface area contributed by atoms with E-state index in [1.54, 1.807) is 0 Å². The van der Waals surface area contributed by atoms with Gasteiger partial charge in [-0.2, -0.15) is 0 Å². The Balaban J connectivity index is 0.00000208. The van der Waals surface area contributed by atoms with E-state index >= 15 is 0 Å². The normalized spacial score (nSPS) is 18.5. The summed E-state index contributed by atoms with van der Waals surface area (Å²) in [6, 6.07) is 21.8. The summed E-state index contributed by atoms with van der Waals surface area (Å²) in [7, 11) is 0. The first-order chi connectivity index (χ1) is 10.9. The minimum absolute atomic E-state index is 0. The quantitative estimate of drug-likeness (QED) is 0.448. The Labute approximate surface area is 188 Å². The summed E-state index contributed by atoms with van der Waals surface area (Å²) in [5, 5.41) is 0. The van der Waals surface area contributed by atoms with Crippen LogP contribution < -0.4 is 37.2 Å². The van der Waals surface area contributed by atoms with Gasteiger partial charge in [0.15, 0.2) is 0 Å². The van der Waals surface area contributed by atoms with E-state index in [1.807, 2.05) is 0 Å². The maximum atomic E-state index is 2.39. The molecule has 0 spiro atoms. The molecule has 26 heavy (non-hydrogen) atoms. The molecule has 0 heterocycles. The van der Waals surface area contributed by atoms with Crippen LogP contribution in [0, 0.1) is 5.41 Å². The average Bonchev–Trinajstić information content (AvgIpc) is 2.92. The van der Waals surface area contributed by atoms with Crippen molar-refractivity contribution in [3.8, 4) is 0 Å². The molecule has 136 valence electrons. The van der Waals surface area contributed by atoms with Crippen molar-refractivity contribution in [2.75, 3.05) is 0 Å². The van der Waals surface area contributed by atoms with E-state index in [9.17, 15) is 0 Å². The molecule has 0 N–H and O–H groups in total. The van der Waals surface area contributed by atoms with Crippen molar-refractivity contribution in [1.29, 1.82) is 0 Å². The van der Waals surface area contributed by atoms with Crippen LogP contribution in [0.3, 0.4) is 0 Å². The molecule has 0 aliphatic heterocycles. The Kier molecular flexibility index (Phi) is 9.97. The fraction of sp³-hybridized carbons (Fsp3) is 0.273. The topological polar surface area (TPSA) is 0 Å². The van der Waals surface area contributed by atoms with Crippen molar-refractivity contribution in [1.82, 2.24) is 0 Å². The molecule has 0 aromatic heterocycles. The molecule has 0 fully saturated rings. The third kappa shape index (κ3) is 5.06. The zero-order chi connectivity index (χ0) is 16.5. The maximum Gasteiger partial charge on any atom is -1.00 e. The molecule has 0 nitrogen and oxygen atoms in total. The molecule has 4 heteroatoms. The van der Waals surface area contributed by atoms with Crippen LogP contribution in [0.1, 0.15) is 37.8 Å². The monoisotopic (exact) mass is 440 g/mol. The van der Waals surface area contributed by atoms with Gasteiger partial charge in [-0.3, -0.25) is 0 Å². The Hall–Kier alpha value is -0.496. The summed E-state index contributed by atoms with van der Waals surface area (Å²) < 4.78 is 0.000949. The van der Waals surface area contributed by atoms with Crippen LogP contribution in [-0.4, -0.2) is 0 Å². The summed E-state index contributed by atoms with van der Waals surface area (Å²) >= 11 is 2.39. The molecule has 0 saturated heterocycles. The minimum Gasteiger partial charge on any atom is -1.00 e. The predicted octanol–water partition coefficient (Wildman–Crippen LogP) is -2.92. The number of hydrogen-bond donors (Lipinski definition) is 0. The van der Waals surface area contributed by atoms with Gasteiger partial charge < -0.3 is 37.2 Å². The molecule has 2 aromatic carbocycles. The van der Waals surface area contributed by atoms with Crippen LogP contribution in [0.15, 0.2) is 84.5 Å². The number of rotatable bonds is 3. The maximum absolute atomic E-state index is 2.39. The third-order valence-corrected chi connectivity index (χ3v) is 5.73. The van der Waals surface area contributed by atoms with E-state index in [-0.39, 0.29) is 46.4 Å². The molecule has 1 unspecified atom stereocenters. The van der Waals surface area contributed by atoms with Gasteiger partial charge in [0, 0.05) is 0 Å². The molecule has 1 aliphatic rings. The second-order valence-electron chi connectivity index (χ2n) is 7.31. The summed E-state index contributed by atoms with van der Waals surface area (Å²) in [5.41, 5.74) is 4.41. The third-order valence-electron chi connectivity index (χ3n) is 4.60. The first-order valence-electron chi connectivity index (χ1n) is 8.18. The van der Waals surface area contributed by atoms with Crippen LogP contribution in [-0.2, 0) is 20.4 Å². The van der Waals surface area contributed by atoms with Gasteiger partial charge in [-0.05, 0) is 0 Å². The number of allylic oxidation sites excluding steroid dienone is 4. The van der Waals surface area contributed by atoms with Crippen LogP contribution in [0.2, 0.25) is 3.72 Å². The Bertz CT molecular complexity index is 693. The Morgan fingerprint density at radius 2 is 1.19 bits per heavy atom. The largest absolute Gasteiger partial charge is 1.00 e. The second kappa shape index (κ2) is 10.2. The molecular formula is C22H23Cl3Ti. The Morgan fingerprint density at radius 1 is 0.769 bits per heavy atom. The molecule has 1 atom stereocenters. The first kappa shape index (κ1) is 25.5. The summed E-state index contributed by atoms with van der Waals surface area (Å²) in [6.45, 7) is 6.95. The van der Waals surface area contributed by atoms with Gasteiger partial charge in [0.05, 0.1) is 0 Å². The van der Waals surface area contributed by atoms with Gasteiger partial charge in [0.25, 0.3) is 0 Å². The number of benzene rings is 2. The van der Waals surface area contributed by atoms with E-state index in [4.69, 9.17) is 0 Å². The molecule has 0 bridgehead atoms. The zero-order valence-corrected chi connectivity index (χ0v) is 19.0. The van der Waals surface area contributed by atoms with Crippen LogP contribution in [0.25, 0.3) is 0 Å². The van der Waals surface area contributed by atoms with E-state index in [1.165, 1.54) is 16.7 Å². The van der Waals surface area contributed by atoms with Crippen LogP contribution >= 0.6 is 0 Å². The van der Waals surface area contributed by atoms with Crippen molar-refractivity contribution in [3.63, 3.8) is 0 Å². The SMILES string of the molecule is CC(C)(C)C1=CC=C[C]1([Ti+3])C(c1ccccc1)c1ccccc1.[Cl-].[Cl-].[Cl-]. The van der Waals surface area contributed by atoms with Gasteiger partial charge in [-0.15, -0.1) is 0 Å². The fourth-order valence-electron chi connectivity index (χ4n) is 3.66. The van der Waals surface area contributed by atoms with E-state index in [2.05, 4.69) is 120 Å². The van der Waals surface area contributed by atoms with Gasteiger partial charge in [0.2, 0.25) is 0 Å². The van der Waals surface area contributed by atoms with E-state index < -0.39 is 0 Å². The molecule has 1 aliphatic carbocycles. The molecule has 3 rings (SSSR count). The van der Waals surface area contributed by atoms with Crippen LogP contribution in [0.5, 0.6) is 0 Å². The van der Waals surface area contributed by atoms with Crippen molar-refractivity contribution in [2.24, 2.45) is 5.41 Å². The summed E-state index contributed by atoms with van der Waals surface area (Å²) in [4.78, 5) is 0. The summed E-state index contributed by atoms with van der Waals surface area (Å²) in [5.74, 6) is 0.328. The smallest absolute Gasteiger partial charge is 1.00 e. The van der Waals surface area contributed by atoms with Crippen molar-refractivity contribution < 1.29 is 57.7 Å². The average molecular weight is 442 g/mol. The first-order valence-corrected chi connectivity index (χ1v) is 8.96. The van der Waals surface area contributed by atoms with E-state index in [0.29, 0.717) is 5.92 Å². The van der Waals surface area contributed by atoms with Gasteiger partial charge in [0.1, 0.15) is 0 Å². The standard InChI is InChI=1S/C22H23.3ClH.Ti/c1-22(2,3)20-16-10-15-19(20)21(17-11-6-4-7-12-17)18-13-8-5-9-14-18;;;;/h4-16,21H,1-3H3;3*1H;/q;;;;+3/p-3. The van der Waals surface area contributed by atoms with Crippen molar-refractivity contribution in [3.05, 3.63) is 95.6 Å². The molecule has 2 aromatic rings. The van der Waals surface area contributed by atoms with Crippen LogP contribution in [0.4, 0.5) is 0 Å². The van der Waals surface area contributed by atoms with Crippen molar-refractivity contribution in [2.45, 2.75) is 30.4 Å². The minimum atomic E-state index is 0. The second-order valence-corrected chi connectivity index (χ2v) is 8.60. The van der Waals surface area contributed by atoms with Crippen molar-refractivity contribution >= 4 is 0 Å².